The van der Waals surface area contributed by atoms with Crippen LogP contribution in [0.2, 0.25) is 0 Å². The molecule has 0 saturated carbocycles. The zero-order valence-corrected chi connectivity index (χ0v) is 16.2. The molecule has 2 heterocycles. The number of rotatable bonds is 3. The standard InChI is InChI=1S/C22H28N2O3/c1-15-7-8-19(16(2)13-15)24-21(25)14-18(22(24)26)17-5-3-4-6-20(17)23-9-11-27-12-10-23/h6-8,13,17-18H,3-5,9-12,14H2,1-2H3. The lowest BCUT2D eigenvalue weighted by molar-refractivity contribution is -0.123. The summed E-state index contributed by atoms with van der Waals surface area (Å²) in [4.78, 5) is 29.9. The van der Waals surface area contributed by atoms with E-state index in [9.17, 15) is 9.59 Å². The molecule has 2 amide bonds. The van der Waals surface area contributed by atoms with Crippen LogP contribution in [-0.4, -0.2) is 43.0 Å². The van der Waals surface area contributed by atoms with Gasteiger partial charge in [-0.15, -0.1) is 0 Å². The first-order valence-electron chi connectivity index (χ1n) is 10.0. The predicted molar refractivity (Wildman–Crippen MR) is 104 cm³/mol. The second-order valence-electron chi connectivity index (χ2n) is 7.93. The summed E-state index contributed by atoms with van der Waals surface area (Å²) in [6, 6.07) is 5.90. The van der Waals surface area contributed by atoms with E-state index in [1.54, 1.807) is 0 Å². The van der Waals surface area contributed by atoms with E-state index < -0.39 is 0 Å². The molecule has 0 aromatic heterocycles. The number of carbonyl (C=O) groups is 2. The van der Waals surface area contributed by atoms with Gasteiger partial charge < -0.3 is 9.64 Å². The van der Waals surface area contributed by atoms with Crippen molar-refractivity contribution >= 4 is 17.5 Å². The zero-order valence-electron chi connectivity index (χ0n) is 16.2. The minimum atomic E-state index is -0.243. The molecule has 144 valence electrons. The third kappa shape index (κ3) is 3.41. The van der Waals surface area contributed by atoms with Crippen LogP contribution in [0, 0.1) is 25.7 Å². The third-order valence-electron chi connectivity index (χ3n) is 6.09. The maximum Gasteiger partial charge on any atom is 0.238 e. The number of imide groups is 1. The van der Waals surface area contributed by atoms with Crippen LogP contribution in [-0.2, 0) is 14.3 Å². The average molecular weight is 368 g/mol. The van der Waals surface area contributed by atoms with Crippen LogP contribution in [0.15, 0.2) is 30.0 Å². The number of anilines is 1. The van der Waals surface area contributed by atoms with E-state index in [2.05, 4.69) is 11.0 Å². The summed E-state index contributed by atoms with van der Waals surface area (Å²) in [5, 5.41) is 0. The summed E-state index contributed by atoms with van der Waals surface area (Å²) < 4.78 is 5.49. The van der Waals surface area contributed by atoms with Crippen LogP contribution in [0.5, 0.6) is 0 Å². The maximum absolute atomic E-state index is 13.3. The molecule has 3 aliphatic rings. The van der Waals surface area contributed by atoms with E-state index in [0.29, 0.717) is 6.42 Å². The fraction of sp³-hybridized carbons (Fsp3) is 0.545. The molecule has 0 N–H and O–H groups in total. The number of morpholine rings is 1. The molecule has 2 saturated heterocycles. The van der Waals surface area contributed by atoms with Gasteiger partial charge in [0.1, 0.15) is 0 Å². The molecule has 5 nitrogen and oxygen atoms in total. The molecule has 4 rings (SSSR count). The number of hydrogen-bond donors (Lipinski definition) is 0. The van der Waals surface area contributed by atoms with E-state index in [-0.39, 0.29) is 23.7 Å². The number of amides is 2. The van der Waals surface area contributed by atoms with E-state index in [1.165, 1.54) is 10.6 Å². The van der Waals surface area contributed by atoms with Gasteiger partial charge in [-0.05, 0) is 44.7 Å². The number of ether oxygens (including phenoxy) is 1. The lowest BCUT2D eigenvalue weighted by atomic mass is 9.80. The Kier molecular flexibility index (Phi) is 5.04. The number of aryl methyl sites for hydroxylation is 2. The molecule has 2 atom stereocenters. The first kappa shape index (κ1) is 18.2. The lowest BCUT2D eigenvalue weighted by Gasteiger charge is -2.38. The molecule has 0 spiro atoms. The number of benzene rings is 1. The van der Waals surface area contributed by atoms with Crippen LogP contribution in [0.4, 0.5) is 5.69 Å². The second kappa shape index (κ2) is 7.47. The predicted octanol–water partition coefficient (Wildman–Crippen LogP) is 3.20. The highest BCUT2D eigenvalue weighted by molar-refractivity contribution is 6.21. The molecule has 27 heavy (non-hydrogen) atoms. The van der Waals surface area contributed by atoms with Crippen molar-refractivity contribution in [3.05, 3.63) is 41.1 Å². The molecular weight excluding hydrogens is 340 g/mol. The highest BCUT2D eigenvalue weighted by Crippen LogP contribution is 2.41. The van der Waals surface area contributed by atoms with Crippen molar-refractivity contribution in [1.82, 2.24) is 4.90 Å². The topological polar surface area (TPSA) is 49.9 Å². The van der Waals surface area contributed by atoms with E-state index in [4.69, 9.17) is 4.74 Å². The Hall–Kier alpha value is -2.14. The summed E-state index contributed by atoms with van der Waals surface area (Å²) in [5.41, 5.74) is 4.12. The largest absolute Gasteiger partial charge is 0.378 e. The van der Waals surface area contributed by atoms with Gasteiger partial charge in [-0.1, -0.05) is 23.8 Å². The molecule has 1 aliphatic carbocycles. The fourth-order valence-electron chi connectivity index (χ4n) is 4.76. The van der Waals surface area contributed by atoms with Gasteiger partial charge in [0.05, 0.1) is 24.8 Å². The SMILES string of the molecule is Cc1ccc(N2C(=O)CC(C3CCCC=C3N3CCOCC3)C2=O)c(C)c1. The molecule has 1 aromatic carbocycles. The molecular formula is C22H28N2O3. The summed E-state index contributed by atoms with van der Waals surface area (Å²) in [6.45, 7) is 7.20. The van der Waals surface area contributed by atoms with Crippen molar-refractivity contribution < 1.29 is 14.3 Å². The van der Waals surface area contributed by atoms with Crippen LogP contribution >= 0.6 is 0 Å². The Morgan fingerprint density at radius 2 is 1.85 bits per heavy atom. The molecule has 1 aromatic rings. The Morgan fingerprint density at radius 1 is 1.07 bits per heavy atom. The minimum absolute atomic E-state index is 0.0296. The monoisotopic (exact) mass is 368 g/mol. The first-order chi connectivity index (χ1) is 13.1. The Labute approximate surface area is 161 Å². The van der Waals surface area contributed by atoms with Gasteiger partial charge in [-0.25, -0.2) is 0 Å². The molecule has 0 radical (unpaired) electrons. The highest BCUT2D eigenvalue weighted by atomic mass is 16.5. The smallest absolute Gasteiger partial charge is 0.238 e. The van der Waals surface area contributed by atoms with Gasteiger partial charge in [-0.3, -0.25) is 14.5 Å². The number of nitrogens with zero attached hydrogens (tertiary/aromatic N) is 2. The summed E-state index contributed by atoms with van der Waals surface area (Å²) in [6.07, 6.45) is 5.72. The van der Waals surface area contributed by atoms with Gasteiger partial charge in [-0.2, -0.15) is 0 Å². The maximum atomic E-state index is 13.3. The Morgan fingerprint density at radius 3 is 2.59 bits per heavy atom. The number of hydrogen-bond acceptors (Lipinski definition) is 4. The minimum Gasteiger partial charge on any atom is -0.378 e. The van der Waals surface area contributed by atoms with E-state index in [1.807, 2.05) is 32.0 Å². The van der Waals surface area contributed by atoms with Gasteiger partial charge >= 0.3 is 0 Å². The Balaban J connectivity index is 1.60. The Bertz CT molecular complexity index is 780. The number of carbonyl (C=O) groups excluding carboxylic acids is 2. The van der Waals surface area contributed by atoms with Gasteiger partial charge in [0, 0.05) is 31.1 Å². The summed E-state index contributed by atoms with van der Waals surface area (Å²) >= 11 is 0. The second-order valence-corrected chi connectivity index (χ2v) is 7.93. The summed E-state index contributed by atoms with van der Waals surface area (Å²) in [5.74, 6) is -0.196. The molecule has 2 aliphatic heterocycles. The van der Waals surface area contributed by atoms with Crippen molar-refractivity contribution in [1.29, 1.82) is 0 Å². The first-order valence-corrected chi connectivity index (χ1v) is 10.0. The normalized spacial score (nSPS) is 26.5. The van der Waals surface area contributed by atoms with Gasteiger partial charge in [0.2, 0.25) is 11.8 Å². The zero-order chi connectivity index (χ0) is 19.0. The van der Waals surface area contributed by atoms with E-state index in [0.717, 1.165) is 62.4 Å². The van der Waals surface area contributed by atoms with Crippen molar-refractivity contribution in [2.24, 2.45) is 11.8 Å². The lowest BCUT2D eigenvalue weighted by Crippen LogP contribution is -2.41. The third-order valence-corrected chi connectivity index (χ3v) is 6.09. The highest BCUT2D eigenvalue weighted by Gasteiger charge is 2.46. The van der Waals surface area contributed by atoms with E-state index >= 15 is 0 Å². The molecule has 0 bridgehead atoms. The quantitative estimate of drug-likeness (QED) is 0.769. The van der Waals surface area contributed by atoms with Gasteiger partial charge in [0.15, 0.2) is 0 Å². The molecule has 2 unspecified atom stereocenters. The van der Waals surface area contributed by atoms with Crippen LogP contribution in [0.3, 0.4) is 0 Å². The summed E-state index contributed by atoms with van der Waals surface area (Å²) in [7, 11) is 0. The van der Waals surface area contributed by atoms with Crippen LogP contribution in [0.25, 0.3) is 0 Å². The molecule has 5 heteroatoms. The van der Waals surface area contributed by atoms with Crippen molar-refractivity contribution in [2.45, 2.75) is 39.5 Å². The van der Waals surface area contributed by atoms with Gasteiger partial charge in [0.25, 0.3) is 0 Å². The van der Waals surface area contributed by atoms with Crippen molar-refractivity contribution in [3.8, 4) is 0 Å². The fourth-order valence-corrected chi connectivity index (χ4v) is 4.76. The van der Waals surface area contributed by atoms with Crippen LogP contribution < -0.4 is 4.90 Å². The van der Waals surface area contributed by atoms with Crippen LogP contribution in [0.1, 0.15) is 36.8 Å². The van der Waals surface area contributed by atoms with Crippen molar-refractivity contribution in [2.75, 3.05) is 31.2 Å². The average Bonchev–Trinajstić information content (AvgIpc) is 2.97. The number of allylic oxidation sites excluding steroid dienone is 2. The molecule has 2 fully saturated rings. The van der Waals surface area contributed by atoms with Crippen molar-refractivity contribution in [3.63, 3.8) is 0 Å².